The van der Waals surface area contributed by atoms with Crippen LogP contribution in [0.2, 0.25) is 0 Å². The first-order chi connectivity index (χ1) is 13.9. The first-order valence-electron chi connectivity index (χ1n) is 9.06. The van der Waals surface area contributed by atoms with E-state index in [9.17, 15) is 14.4 Å². The van der Waals surface area contributed by atoms with Gasteiger partial charge in [-0.05, 0) is 42.0 Å². The molecule has 0 aliphatic rings. The Hall–Kier alpha value is -3.55. The zero-order valence-corrected chi connectivity index (χ0v) is 16.7. The van der Waals surface area contributed by atoms with Gasteiger partial charge in [0.25, 0.3) is 5.91 Å². The lowest BCUT2D eigenvalue weighted by molar-refractivity contribution is -0.119. The molecule has 2 rings (SSSR count). The molecule has 0 heterocycles. The second kappa shape index (κ2) is 10.7. The van der Waals surface area contributed by atoms with Crippen molar-refractivity contribution in [2.75, 3.05) is 32.6 Å². The molecule has 154 valence electrons. The number of ether oxygens (including phenoxy) is 2. The van der Waals surface area contributed by atoms with E-state index in [1.807, 2.05) is 0 Å². The van der Waals surface area contributed by atoms with Gasteiger partial charge in [-0.15, -0.1) is 0 Å². The summed E-state index contributed by atoms with van der Waals surface area (Å²) >= 11 is 0. The standard InChI is InChI=1S/C21H25N3O5/c1-14(25)22-10-11-23-21(27)16-5-7-17(8-6-16)24-20(26)13-15-4-9-18(28-2)19(12-15)29-3/h4-9,12H,10-11,13H2,1-3H3,(H,22,25)(H,23,27)(H,24,26). The minimum absolute atomic E-state index is 0.146. The fourth-order valence-corrected chi connectivity index (χ4v) is 2.60. The lowest BCUT2D eigenvalue weighted by Crippen LogP contribution is -2.33. The molecule has 0 saturated carbocycles. The van der Waals surface area contributed by atoms with Crippen LogP contribution in [-0.4, -0.2) is 45.0 Å². The monoisotopic (exact) mass is 399 g/mol. The number of carbonyl (C=O) groups is 3. The summed E-state index contributed by atoms with van der Waals surface area (Å²) < 4.78 is 10.4. The fraction of sp³-hybridized carbons (Fsp3) is 0.286. The van der Waals surface area contributed by atoms with Crippen LogP contribution in [0.25, 0.3) is 0 Å². The van der Waals surface area contributed by atoms with Gasteiger partial charge in [0, 0.05) is 31.3 Å². The molecule has 2 aromatic carbocycles. The van der Waals surface area contributed by atoms with Crippen LogP contribution in [0.1, 0.15) is 22.8 Å². The summed E-state index contributed by atoms with van der Waals surface area (Å²) in [6.07, 6.45) is 0.172. The molecule has 8 heteroatoms. The van der Waals surface area contributed by atoms with Crippen LogP contribution in [0.3, 0.4) is 0 Å². The SMILES string of the molecule is COc1ccc(CC(=O)Nc2ccc(C(=O)NCCNC(C)=O)cc2)cc1OC. The van der Waals surface area contributed by atoms with E-state index in [-0.39, 0.29) is 24.1 Å². The maximum atomic E-state index is 12.3. The van der Waals surface area contributed by atoms with E-state index in [0.29, 0.717) is 35.8 Å². The van der Waals surface area contributed by atoms with E-state index in [2.05, 4.69) is 16.0 Å². The van der Waals surface area contributed by atoms with Crippen molar-refractivity contribution in [2.24, 2.45) is 0 Å². The largest absolute Gasteiger partial charge is 0.493 e. The highest BCUT2D eigenvalue weighted by molar-refractivity contribution is 5.96. The molecule has 29 heavy (non-hydrogen) atoms. The van der Waals surface area contributed by atoms with Crippen molar-refractivity contribution in [3.05, 3.63) is 53.6 Å². The average Bonchev–Trinajstić information content (AvgIpc) is 2.71. The number of anilines is 1. The molecule has 3 amide bonds. The van der Waals surface area contributed by atoms with E-state index in [4.69, 9.17) is 9.47 Å². The Kier molecular flexibility index (Phi) is 8.02. The summed E-state index contributed by atoms with van der Waals surface area (Å²) in [5, 5.41) is 8.10. The number of nitrogens with one attached hydrogen (secondary N) is 3. The Bertz CT molecular complexity index is 865. The highest BCUT2D eigenvalue weighted by Gasteiger charge is 2.10. The molecule has 8 nitrogen and oxygen atoms in total. The maximum Gasteiger partial charge on any atom is 0.251 e. The maximum absolute atomic E-state index is 12.3. The minimum atomic E-state index is -0.251. The van der Waals surface area contributed by atoms with Crippen molar-refractivity contribution in [3.63, 3.8) is 0 Å². The second-order valence-electron chi connectivity index (χ2n) is 6.23. The summed E-state index contributed by atoms with van der Waals surface area (Å²) in [6.45, 7) is 2.12. The Morgan fingerprint density at radius 2 is 1.52 bits per heavy atom. The van der Waals surface area contributed by atoms with Crippen LogP contribution in [-0.2, 0) is 16.0 Å². The molecule has 0 radical (unpaired) electrons. The summed E-state index contributed by atoms with van der Waals surface area (Å²) in [5.74, 6) is 0.574. The van der Waals surface area contributed by atoms with Crippen molar-refractivity contribution in [1.29, 1.82) is 0 Å². The number of hydrogen-bond acceptors (Lipinski definition) is 5. The molecule has 0 atom stereocenters. The van der Waals surface area contributed by atoms with Crippen LogP contribution < -0.4 is 25.4 Å². The van der Waals surface area contributed by atoms with Gasteiger partial charge in [-0.1, -0.05) is 6.07 Å². The zero-order valence-electron chi connectivity index (χ0n) is 16.7. The van der Waals surface area contributed by atoms with Gasteiger partial charge in [0.05, 0.1) is 20.6 Å². The molecule has 2 aromatic rings. The summed E-state index contributed by atoms with van der Waals surface area (Å²) in [4.78, 5) is 35.1. The van der Waals surface area contributed by atoms with Crippen molar-refractivity contribution in [3.8, 4) is 11.5 Å². The van der Waals surface area contributed by atoms with Crippen molar-refractivity contribution < 1.29 is 23.9 Å². The fourth-order valence-electron chi connectivity index (χ4n) is 2.60. The third-order valence-electron chi connectivity index (χ3n) is 4.03. The molecule has 0 spiro atoms. The summed E-state index contributed by atoms with van der Waals surface area (Å²) in [7, 11) is 3.09. The Morgan fingerprint density at radius 1 is 0.862 bits per heavy atom. The number of rotatable bonds is 9. The molecule has 3 N–H and O–H groups in total. The summed E-state index contributed by atoms with van der Waals surface area (Å²) in [5.41, 5.74) is 1.84. The van der Waals surface area contributed by atoms with Gasteiger partial charge in [-0.25, -0.2) is 0 Å². The number of hydrogen-bond donors (Lipinski definition) is 3. The summed E-state index contributed by atoms with van der Waals surface area (Å²) in [6, 6.07) is 11.9. The lowest BCUT2D eigenvalue weighted by atomic mass is 10.1. The Morgan fingerprint density at radius 3 is 2.14 bits per heavy atom. The molecule has 0 aliphatic heterocycles. The predicted molar refractivity (Wildman–Crippen MR) is 109 cm³/mol. The normalized spacial score (nSPS) is 10.0. The number of methoxy groups -OCH3 is 2. The van der Waals surface area contributed by atoms with Crippen LogP contribution in [0.5, 0.6) is 11.5 Å². The smallest absolute Gasteiger partial charge is 0.251 e. The molecule has 0 unspecified atom stereocenters. The molecule has 0 saturated heterocycles. The van der Waals surface area contributed by atoms with Crippen LogP contribution in [0, 0.1) is 0 Å². The van der Waals surface area contributed by atoms with Crippen LogP contribution >= 0.6 is 0 Å². The van der Waals surface area contributed by atoms with Gasteiger partial charge >= 0.3 is 0 Å². The van der Waals surface area contributed by atoms with Crippen LogP contribution in [0.4, 0.5) is 5.69 Å². The lowest BCUT2D eigenvalue weighted by Gasteiger charge is -2.10. The predicted octanol–water partition coefficient (Wildman–Crippen LogP) is 1.75. The molecular weight excluding hydrogens is 374 g/mol. The van der Waals surface area contributed by atoms with E-state index < -0.39 is 0 Å². The molecule has 0 aromatic heterocycles. The van der Waals surface area contributed by atoms with Crippen LogP contribution in [0.15, 0.2) is 42.5 Å². The number of carbonyl (C=O) groups excluding carboxylic acids is 3. The number of amides is 3. The van der Waals surface area contributed by atoms with Gasteiger partial charge in [-0.2, -0.15) is 0 Å². The van der Waals surface area contributed by atoms with E-state index in [1.165, 1.54) is 6.92 Å². The Balaban J connectivity index is 1.88. The Labute approximate surface area is 169 Å². The zero-order chi connectivity index (χ0) is 21.2. The topological polar surface area (TPSA) is 106 Å². The van der Waals surface area contributed by atoms with Gasteiger partial charge in [0.1, 0.15) is 0 Å². The van der Waals surface area contributed by atoms with Gasteiger partial charge in [0.2, 0.25) is 11.8 Å². The van der Waals surface area contributed by atoms with Crippen molar-refractivity contribution in [1.82, 2.24) is 10.6 Å². The van der Waals surface area contributed by atoms with E-state index in [0.717, 1.165) is 5.56 Å². The van der Waals surface area contributed by atoms with Gasteiger partial charge in [-0.3, -0.25) is 14.4 Å². The number of benzene rings is 2. The quantitative estimate of drug-likeness (QED) is 0.557. The van der Waals surface area contributed by atoms with Crippen molar-refractivity contribution >= 4 is 23.4 Å². The average molecular weight is 399 g/mol. The van der Waals surface area contributed by atoms with Gasteiger partial charge < -0.3 is 25.4 Å². The first-order valence-corrected chi connectivity index (χ1v) is 9.06. The van der Waals surface area contributed by atoms with E-state index in [1.54, 1.807) is 56.7 Å². The second-order valence-corrected chi connectivity index (χ2v) is 6.23. The molecule has 0 bridgehead atoms. The third-order valence-corrected chi connectivity index (χ3v) is 4.03. The third kappa shape index (κ3) is 6.84. The molecular formula is C21H25N3O5. The molecule has 0 aliphatic carbocycles. The highest BCUT2D eigenvalue weighted by Crippen LogP contribution is 2.27. The minimum Gasteiger partial charge on any atom is -0.493 e. The van der Waals surface area contributed by atoms with Crippen molar-refractivity contribution in [2.45, 2.75) is 13.3 Å². The van der Waals surface area contributed by atoms with Gasteiger partial charge in [0.15, 0.2) is 11.5 Å². The first kappa shape index (κ1) is 21.7. The highest BCUT2D eigenvalue weighted by atomic mass is 16.5. The van der Waals surface area contributed by atoms with E-state index >= 15 is 0 Å². The molecule has 0 fully saturated rings.